The van der Waals surface area contributed by atoms with Gasteiger partial charge in [0.25, 0.3) is 0 Å². The summed E-state index contributed by atoms with van der Waals surface area (Å²) in [7, 11) is 1.64. The molecule has 0 aliphatic heterocycles. The molecule has 1 aromatic carbocycles. The molecule has 0 bridgehead atoms. The largest absolute Gasteiger partial charge is 0.492 e. The maximum Gasteiger partial charge on any atom is 0.333 e. The van der Waals surface area contributed by atoms with Crippen molar-refractivity contribution in [3.8, 4) is 5.75 Å². The molecule has 2 N–H and O–H groups in total. The van der Waals surface area contributed by atoms with Gasteiger partial charge in [-0.15, -0.1) is 0 Å². The van der Waals surface area contributed by atoms with Crippen LogP contribution < -0.4 is 15.4 Å². The minimum atomic E-state index is -0.456. The van der Waals surface area contributed by atoms with E-state index in [2.05, 4.69) is 15.7 Å². The zero-order valence-corrected chi connectivity index (χ0v) is 13.7. The van der Waals surface area contributed by atoms with Crippen molar-refractivity contribution in [2.24, 2.45) is 7.05 Å². The fourth-order valence-electron chi connectivity index (χ4n) is 2.27. The molecule has 0 fully saturated rings. The highest BCUT2D eigenvalue weighted by Gasteiger charge is 2.23. The molecule has 9 heteroatoms. The van der Waals surface area contributed by atoms with E-state index in [1.807, 2.05) is 0 Å². The molecule has 0 radical (unpaired) electrons. The highest BCUT2D eigenvalue weighted by Crippen LogP contribution is 2.27. The summed E-state index contributed by atoms with van der Waals surface area (Å²) in [5.74, 6) is 0.777. The summed E-state index contributed by atoms with van der Waals surface area (Å²) < 4.78 is 7.02. The van der Waals surface area contributed by atoms with E-state index in [1.54, 1.807) is 38.2 Å². The smallest absolute Gasteiger partial charge is 0.333 e. The van der Waals surface area contributed by atoms with E-state index in [1.165, 1.54) is 11.6 Å². The number of aromatic nitrogens is 2. The summed E-state index contributed by atoms with van der Waals surface area (Å²) in [5.41, 5.74) is 0.963. The maximum absolute atomic E-state index is 11.1. The summed E-state index contributed by atoms with van der Waals surface area (Å²) >= 11 is 0. The van der Waals surface area contributed by atoms with E-state index >= 15 is 0 Å². The third-order valence-corrected chi connectivity index (χ3v) is 3.19. The van der Waals surface area contributed by atoms with E-state index in [4.69, 9.17) is 4.74 Å². The van der Waals surface area contributed by atoms with Gasteiger partial charge in [-0.3, -0.25) is 14.9 Å². The fraction of sp³-hybridized carbons (Fsp3) is 0.333. The number of anilines is 2. The van der Waals surface area contributed by atoms with Crippen molar-refractivity contribution in [3.63, 3.8) is 0 Å². The molecule has 0 aliphatic carbocycles. The summed E-state index contributed by atoms with van der Waals surface area (Å²) in [4.78, 5) is 21.7. The van der Waals surface area contributed by atoms with Crippen LogP contribution >= 0.6 is 0 Å². The van der Waals surface area contributed by atoms with E-state index in [0.29, 0.717) is 36.1 Å². The van der Waals surface area contributed by atoms with Crippen LogP contribution in [0.25, 0.3) is 0 Å². The molecule has 0 saturated heterocycles. The molecule has 0 unspecified atom stereocenters. The SMILES string of the molecule is CC(=O)Nc1cccc(OCCNc2c([N+](=O)[O-])c(C)nn2C)c1. The maximum atomic E-state index is 11.1. The van der Waals surface area contributed by atoms with Crippen LogP contribution in [-0.4, -0.2) is 33.8 Å². The van der Waals surface area contributed by atoms with Crippen LogP contribution in [0, 0.1) is 17.0 Å². The van der Waals surface area contributed by atoms with Crippen molar-refractivity contribution < 1.29 is 14.5 Å². The van der Waals surface area contributed by atoms with Gasteiger partial charge in [0.15, 0.2) is 0 Å². The van der Waals surface area contributed by atoms with Crippen molar-refractivity contribution in [2.75, 3.05) is 23.8 Å². The number of nitrogens with zero attached hydrogens (tertiary/aromatic N) is 3. The first-order valence-electron chi connectivity index (χ1n) is 7.31. The van der Waals surface area contributed by atoms with Gasteiger partial charge in [0.1, 0.15) is 18.1 Å². The number of nitro groups is 1. The Morgan fingerprint density at radius 2 is 2.21 bits per heavy atom. The number of hydrogen-bond donors (Lipinski definition) is 2. The summed E-state index contributed by atoms with van der Waals surface area (Å²) in [6.07, 6.45) is 0. The monoisotopic (exact) mass is 333 g/mol. The topological polar surface area (TPSA) is 111 Å². The highest BCUT2D eigenvalue weighted by atomic mass is 16.6. The van der Waals surface area contributed by atoms with E-state index in [-0.39, 0.29) is 11.6 Å². The number of aryl methyl sites for hydroxylation is 2. The standard InChI is InChI=1S/C15H19N5O4/c1-10-14(20(22)23)15(19(3)18-10)16-7-8-24-13-6-4-5-12(9-13)17-11(2)21/h4-6,9,16H,7-8H2,1-3H3,(H,17,21). The van der Waals surface area contributed by atoms with Gasteiger partial charge >= 0.3 is 5.69 Å². The average Bonchev–Trinajstić information content (AvgIpc) is 2.77. The van der Waals surface area contributed by atoms with Gasteiger partial charge in [-0.2, -0.15) is 5.10 Å². The summed E-state index contributed by atoms with van der Waals surface area (Å²) in [5, 5.41) is 20.8. The van der Waals surface area contributed by atoms with Crippen molar-refractivity contribution in [1.29, 1.82) is 0 Å². The number of benzene rings is 1. The van der Waals surface area contributed by atoms with Crippen LogP contribution in [0.1, 0.15) is 12.6 Å². The summed E-state index contributed by atoms with van der Waals surface area (Å²) in [6, 6.07) is 7.00. The van der Waals surface area contributed by atoms with Crippen LogP contribution in [0.15, 0.2) is 24.3 Å². The number of ether oxygens (including phenoxy) is 1. The lowest BCUT2D eigenvalue weighted by molar-refractivity contribution is -0.384. The third-order valence-electron chi connectivity index (χ3n) is 3.19. The predicted molar refractivity (Wildman–Crippen MR) is 89.3 cm³/mol. The number of amides is 1. The minimum absolute atomic E-state index is 0.0369. The average molecular weight is 333 g/mol. The van der Waals surface area contributed by atoms with Gasteiger partial charge in [-0.05, 0) is 19.1 Å². The number of nitrogens with one attached hydrogen (secondary N) is 2. The van der Waals surface area contributed by atoms with Crippen molar-refractivity contribution in [1.82, 2.24) is 9.78 Å². The van der Waals surface area contributed by atoms with Crippen LogP contribution in [0.5, 0.6) is 5.75 Å². The Morgan fingerprint density at radius 1 is 1.46 bits per heavy atom. The van der Waals surface area contributed by atoms with Crippen molar-refractivity contribution >= 4 is 23.1 Å². The number of rotatable bonds is 7. The molecule has 0 aliphatic rings. The zero-order valence-electron chi connectivity index (χ0n) is 13.7. The number of carbonyl (C=O) groups is 1. The lowest BCUT2D eigenvalue weighted by Crippen LogP contribution is -2.14. The van der Waals surface area contributed by atoms with Gasteiger partial charge in [0, 0.05) is 25.7 Å². The molecule has 1 aromatic heterocycles. The van der Waals surface area contributed by atoms with Crippen molar-refractivity contribution in [2.45, 2.75) is 13.8 Å². The first-order valence-corrected chi connectivity index (χ1v) is 7.31. The Labute approximate surface area is 138 Å². The number of carbonyl (C=O) groups excluding carboxylic acids is 1. The fourth-order valence-corrected chi connectivity index (χ4v) is 2.27. The van der Waals surface area contributed by atoms with Crippen LogP contribution in [0.4, 0.5) is 17.2 Å². The molecule has 1 amide bonds. The van der Waals surface area contributed by atoms with Crippen LogP contribution in [0.2, 0.25) is 0 Å². The van der Waals surface area contributed by atoms with Crippen LogP contribution in [0.3, 0.4) is 0 Å². The van der Waals surface area contributed by atoms with Gasteiger partial charge in [-0.1, -0.05) is 6.07 Å². The normalized spacial score (nSPS) is 10.3. The van der Waals surface area contributed by atoms with E-state index in [9.17, 15) is 14.9 Å². The van der Waals surface area contributed by atoms with E-state index in [0.717, 1.165) is 0 Å². The molecule has 9 nitrogen and oxygen atoms in total. The first kappa shape index (κ1) is 17.3. The molecule has 128 valence electrons. The molecular weight excluding hydrogens is 314 g/mol. The van der Waals surface area contributed by atoms with Gasteiger partial charge in [-0.25, -0.2) is 4.68 Å². The van der Waals surface area contributed by atoms with Crippen LogP contribution in [-0.2, 0) is 11.8 Å². The van der Waals surface area contributed by atoms with Gasteiger partial charge < -0.3 is 15.4 Å². The molecule has 2 rings (SSSR count). The molecule has 24 heavy (non-hydrogen) atoms. The lowest BCUT2D eigenvalue weighted by Gasteiger charge is -2.10. The van der Waals surface area contributed by atoms with Gasteiger partial charge in [0.2, 0.25) is 11.7 Å². The second-order valence-corrected chi connectivity index (χ2v) is 5.15. The van der Waals surface area contributed by atoms with Gasteiger partial charge in [0.05, 0.1) is 11.5 Å². The minimum Gasteiger partial charge on any atom is -0.492 e. The molecule has 2 aromatic rings. The molecule has 0 atom stereocenters. The lowest BCUT2D eigenvalue weighted by atomic mass is 10.3. The quantitative estimate of drug-likeness (QED) is 0.456. The molecule has 1 heterocycles. The van der Waals surface area contributed by atoms with E-state index < -0.39 is 4.92 Å². The van der Waals surface area contributed by atoms with Crippen molar-refractivity contribution in [3.05, 3.63) is 40.1 Å². The number of hydrogen-bond acceptors (Lipinski definition) is 6. The third kappa shape index (κ3) is 4.22. The second kappa shape index (κ2) is 7.44. The first-order chi connectivity index (χ1) is 11.4. The Morgan fingerprint density at radius 3 is 2.88 bits per heavy atom. The molecule has 0 spiro atoms. The summed E-state index contributed by atoms with van der Waals surface area (Å²) in [6.45, 7) is 3.68. The Balaban J connectivity index is 1.92. The Hall–Kier alpha value is -3.10. The Bertz CT molecular complexity index is 756. The second-order valence-electron chi connectivity index (χ2n) is 5.15. The highest BCUT2D eigenvalue weighted by molar-refractivity contribution is 5.88. The predicted octanol–water partition coefficient (Wildman–Crippen LogP) is 2.09. The Kier molecular flexibility index (Phi) is 5.35. The zero-order chi connectivity index (χ0) is 17.7. The molecule has 0 saturated carbocycles. The molecular formula is C15H19N5O4.